The van der Waals surface area contributed by atoms with Gasteiger partial charge in [0.1, 0.15) is 19.3 Å². The highest BCUT2D eigenvalue weighted by Gasteiger charge is 2.30. The molecule has 0 bridgehead atoms. The number of ether oxygens (including phenoxy) is 2. The average Bonchev–Trinajstić information content (AvgIpc) is 2.68. The van der Waals surface area contributed by atoms with Gasteiger partial charge in [-0.3, -0.25) is 9.10 Å². The number of carbonyl (C=O) groups excluding carboxylic acids is 1. The van der Waals surface area contributed by atoms with Crippen LogP contribution in [0, 0.1) is 6.92 Å². The smallest absolute Gasteiger partial charge is 0.244 e. The molecule has 7 nitrogen and oxygen atoms in total. The van der Waals surface area contributed by atoms with Crippen LogP contribution in [0.25, 0.3) is 0 Å². The van der Waals surface area contributed by atoms with Crippen LogP contribution >= 0.6 is 0 Å². The van der Waals surface area contributed by atoms with Gasteiger partial charge < -0.3 is 14.8 Å². The van der Waals surface area contributed by atoms with E-state index in [9.17, 15) is 13.2 Å². The Balaban J connectivity index is 1.78. The second kappa shape index (κ2) is 8.32. The van der Waals surface area contributed by atoms with Crippen molar-refractivity contribution in [1.29, 1.82) is 0 Å². The van der Waals surface area contributed by atoms with Gasteiger partial charge in [0.15, 0.2) is 11.5 Å². The number of fused-ring (bicyclic) bond motifs is 1. The Hall–Kier alpha value is -2.74. The number of hydrogen-bond donors (Lipinski definition) is 1. The highest BCUT2D eigenvalue weighted by atomic mass is 32.2. The zero-order valence-corrected chi connectivity index (χ0v) is 17.8. The summed E-state index contributed by atoms with van der Waals surface area (Å²) in [6, 6.07) is 11.3. The second-order valence-electron chi connectivity index (χ2n) is 7.20. The molecule has 156 valence electrons. The number of hydrogen-bond acceptors (Lipinski definition) is 5. The summed E-state index contributed by atoms with van der Waals surface area (Å²) >= 11 is 0. The minimum absolute atomic E-state index is 0.333. The van der Waals surface area contributed by atoms with Crippen LogP contribution in [0.5, 0.6) is 11.5 Å². The Morgan fingerprint density at radius 1 is 1.03 bits per heavy atom. The molecule has 1 amide bonds. The predicted molar refractivity (Wildman–Crippen MR) is 112 cm³/mol. The van der Waals surface area contributed by atoms with Crippen LogP contribution < -0.4 is 19.1 Å². The maximum absolute atomic E-state index is 12.9. The van der Waals surface area contributed by atoms with E-state index in [0.29, 0.717) is 30.4 Å². The van der Waals surface area contributed by atoms with Gasteiger partial charge in [0.2, 0.25) is 15.9 Å². The fourth-order valence-electron chi connectivity index (χ4n) is 3.25. The Bertz CT molecular complexity index is 989. The molecule has 3 rings (SSSR count). The number of anilines is 1. The van der Waals surface area contributed by atoms with Gasteiger partial charge in [-0.15, -0.1) is 0 Å². The first-order valence-corrected chi connectivity index (χ1v) is 11.3. The van der Waals surface area contributed by atoms with Crippen LogP contribution in [-0.4, -0.2) is 39.8 Å². The molecule has 29 heavy (non-hydrogen) atoms. The third kappa shape index (κ3) is 4.82. The zero-order valence-electron chi connectivity index (χ0n) is 17.0. The average molecular weight is 419 g/mol. The van der Waals surface area contributed by atoms with Gasteiger partial charge in [0, 0.05) is 0 Å². The zero-order chi connectivity index (χ0) is 21.2. The first-order valence-electron chi connectivity index (χ1n) is 9.43. The fourth-order valence-corrected chi connectivity index (χ4v) is 4.42. The van der Waals surface area contributed by atoms with Crippen molar-refractivity contribution < 1.29 is 22.7 Å². The SMILES string of the molecule is Cc1ccc(N([C@@H](C)C(=O)N[C@H](C)c2ccc3c(c2)OCCO3)S(C)(=O)=O)cc1. The van der Waals surface area contributed by atoms with Crippen LogP contribution in [0.2, 0.25) is 0 Å². The van der Waals surface area contributed by atoms with E-state index in [1.54, 1.807) is 19.1 Å². The van der Waals surface area contributed by atoms with E-state index >= 15 is 0 Å². The molecule has 0 aliphatic carbocycles. The molecule has 2 aromatic carbocycles. The number of sulfonamides is 1. The normalized spacial score (nSPS) is 15.3. The predicted octanol–water partition coefficient (Wildman–Crippen LogP) is 2.80. The molecule has 0 aromatic heterocycles. The molecule has 8 heteroatoms. The third-order valence-corrected chi connectivity index (χ3v) is 6.04. The fraction of sp³-hybridized carbons (Fsp3) is 0.381. The number of rotatable bonds is 6. The maximum Gasteiger partial charge on any atom is 0.244 e. The van der Waals surface area contributed by atoms with E-state index < -0.39 is 22.0 Å². The summed E-state index contributed by atoms with van der Waals surface area (Å²) in [6.45, 7) is 6.32. The first-order chi connectivity index (χ1) is 13.7. The maximum atomic E-state index is 12.9. The summed E-state index contributed by atoms with van der Waals surface area (Å²) in [5, 5.41) is 2.90. The van der Waals surface area contributed by atoms with Crippen LogP contribution in [0.1, 0.15) is 31.0 Å². The van der Waals surface area contributed by atoms with Gasteiger partial charge in [-0.05, 0) is 50.6 Å². The number of benzene rings is 2. The lowest BCUT2D eigenvalue weighted by atomic mass is 10.1. The van der Waals surface area contributed by atoms with Crippen LogP contribution in [0.3, 0.4) is 0 Å². The van der Waals surface area contributed by atoms with Crippen molar-refractivity contribution >= 4 is 21.6 Å². The lowest BCUT2D eigenvalue weighted by molar-refractivity contribution is -0.122. The molecular weight excluding hydrogens is 392 g/mol. The summed E-state index contributed by atoms with van der Waals surface area (Å²) in [5.41, 5.74) is 2.30. The summed E-state index contributed by atoms with van der Waals surface area (Å²) in [4.78, 5) is 12.9. The Morgan fingerprint density at radius 3 is 2.28 bits per heavy atom. The van der Waals surface area contributed by atoms with Gasteiger partial charge in [0.25, 0.3) is 0 Å². The molecule has 1 N–H and O–H groups in total. The van der Waals surface area contributed by atoms with E-state index in [-0.39, 0.29) is 6.04 Å². The monoisotopic (exact) mass is 418 g/mol. The highest BCUT2D eigenvalue weighted by molar-refractivity contribution is 7.92. The molecule has 0 unspecified atom stereocenters. The quantitative estimate of drug-likeness (QED) is 0.780. The minimum Gasteiger partial charge on any atom is -0.486 e. The van der Waals surface area contributed by atoms with Crippen molar-refractivity contribution in [2.45, 2.75) is 32.9 Å². The van der Waals surface area contributed by atoms with E-state index in [2.05, 4.69) is 5.32 Å². The largest absolute Gasteiger partial charge is 0.486 e. The molecule has 0 radical (unpaired) electrons. The molecular formula is C21H26N2O5S. The molecule has 0 fully saturated rings. The summed E-state index contributed by atoms with van der Waals surface area (Å²) < 4.78 is 37.0. The highest BCUT2D eigenvalue weighted by Crippen LogP contribution is 2.32. The first kappa shape index (κ1) is 21.0. The molecule has 1 aliphatic rings. The van der Waals surface area contributed by atoms with Gasteiger partial charge in [-0.1, -0.05) is 23.8 Å². The number of nitrogens with one attached hydrogen (secondary N) is 1. The molecule has 2 atom stereocenters. The second-order valence-corrected chi connectivity index (χ2v) is 9.06. The Kier molecular flexibility index (Phi) is 6.02. The number of aryl methyl sites for hydroxylation is 1. The van der Waals surface area contributed by atoms with Crippen molar-refractivity contribution in [2.24, 2.45) is 0 Å². The molecule has 1 aliphatic heterocycles. The van der Waals surface area contributed by atoms with Crippen molar-refractivity contribution in [3.63, 3.8) is 0 Å². The number of nitrogens with zero attached hydrogens (tertiary/aromatic N) is 1. The minimum atomic E-state index is -3.65. The summed E-state index contributed by atoms with van der Waals surface area (Å²) in [6.07, 6.45) is 1.10. The topological polar surface area (TPSA) is 84.9 Å². The van der Waals surface area contributed by atoms with Crippen molar-refractivity contribution in [3.8, 4) is 11.5 Å². The third-order valence-electron chi connectivity index (χ3n) is 4.80. The van der Waals surface area contributed by atoms with E-state index in [4.69, 9.17) is 9.47 Å². The van der Waals surface area contributed by atoms with Gasteiger partial charge in [0.05, 0.1) is 18.0 Å². The number of amides is 1. The van der Waals surface area contributed by atoms with Crippen molar-refractivity contribution in [3.05, 3.63) is 53.6 Å². The van der Waals surface area contributed by atoms with Crippen LogP contribution in [0.4, 0.5) is 5.69 Å². The lowest BCUT2D eigenvalue weighted by Gasteiger charge is -2.29. The Morgan fingerprint density at radius 2 is 1.66 bits per heavy atom. The van der Waals surface area contributed by atoms with Crippen molar-refractivity contribution in [1.82, 2.24) is 5.32 Å². The van der Waals surface area contributed by atoms with Crippen LogP contribution in [-0.2, 0) is 14.8 Å². The standard InChI is InChI=1S/C21H26N2O5S/c1-14-5-8-18(9-6-14)23(29(4,25)26)16(3)21(24)22-15(2)17-7-10-19-20(13-17)28-12-11-27-19/h5-10,13,15-16H,11-12H2,1-4H3,(H,22,24)/t15-,16+/m1/s1. The lowest BCUT2D eigenvalue weighted by Crippen LogP contribution is -2.48. The molecule has 0 saturated heterocycles. The van der Waals surface area contributed by atoms with Crippen LogP contribution in [0.15, 0.2) is 42.5 Å². The van der Waals surface area contributed by atoms with E-state index in [1.807, 2.05) is 44.2 Å². The van der Waals surface area contributed by atoms with E-state index in [1.165, 1.54) is 0 Å². The molecule has 0 saturated carbocycles. The van der Waals surface area contributed by atoms with Gasteiger partial charge in [-0.25, -0.2) is 8.42 Å². The molecule has 1 heterocycles. The molecule has 0 spiro atoms. The van der Waals surface area contributed by atoms with E-state index in [0.717, 1.165) is 21.7 Å². The van der Waals surface area contributed by atoms with Gasteiger partial charge >= 0.3 is 0 Å². The van der Waals surface area contributed by atoms with Gasteiger partial charge in [-0.2, -0.15) is 0 Å². The Labute approximate surface area is 171 Å². The number of carbonyl (C=O) groups is 1. The summed E-state index contributed by atoms with van der Waals surface area (Å²) in [7, 11) is -3.65. The summed E-state index contributed by atoms with van der Waals surface area (Å²) in [5.74, 6) is 0.924. The molecule has 2 aromatic rings. The van der Waals surface area contributed by atoms with Crippen molar-refractivity contribution in [2.75, 3.05) is 23.8 Å².